The van der Waals surface area contributed by atoms with Crippen molar-refractivity contribution >= 4 is 32.3 Å². The van der Waals surface area contributed by atoms with Crippen LogP contribution >= 0.6 is 0 Å². The Balaban J connectivity index is 2.70. The summed E-state index contributed by atoms with van der Waals surface area (Å²) in [5.74, 6) is -0.191. The first-order valence-electron chi connectivity index (χ1n) is 5.39. The molecule has 96 valence electrons. The number of H-pyrrole nitrogens is 1. The lowest BCUT2D eigenvalue weighted by molar-refractivity contribution is -0.114. The highest BCUT2D eigenvalue weighted by Gasteiger charge is 2.13. The van der Waals surface area contributed by atoms with Gasteiger partial charge in [0.05, 0.1) is 10.6 Å². The Morgan fingerprint density at radius 3 is 2.56 bits per heavy atom. The summed E-state index contributed by atoms with van der Waals surface area (Å²) in [6, 6.07) is 4.81. The Kier molecular flexibility index (Phi) is 2.90. The number of carbonyl (C=O) groups is 1. The van der Waals surface area contributed by atoms with E-state index in [2.05, 4.69) is 10.3 Å². The summed E-state index contributed by atoms with van der Waals surface area (Å²) >= 11 is 0. The number of anilines is 1. The molecule has 1 heterocycles. The number of nitrogens with one attached hydrogen (secondary N) is 2. The Labute approximate surface area is 105 Å². The lowest BCUT2D eigenvalue weighted by atomic mass is 10.2. The Hall–Kier alpha value is -1.82. The van der Waals surface area contributed by atoms with Gasteiger partial charge in [-0.05, 0) is 25.1 Å². The molecular formula is C12H14N2O3S. The molecule has 0 unspecified atom stereocenters. The first kappa shape index (κ1) is 12.6. The van der Waals surface area contributed by atoms with Crippen molar-refractivity contribution in [2.45, 2.75) is 18.7 Å². The molecule has 2 aromatic rings. The van der Waals surface area contributed by atoms with E-state index in [-0.39, 0.29) is 10.8 Å². The van der Waals surface area contributed by atoms with Crippen LogP contribution in [-0.2, 0) is 14.6 Å². The summed E-state index contributed by atoms with van der Waals surface area (Å²) in [4.78, 5) is 14.5. The molecule has 0 aliphatic rings. The van der Waals surface area contributed by atoms with Gasteiger partial charge in [0.25, 0.3) is 0 Å². The van der Waals surface area contributed by atoms with Crippen molar-refractivity contribution in [3.63, 3.8) is 0 Å². The Bertz CT molecular complexity index is 729. The second kappa shape index (κ2) is 4.13. The standard InChI is InChI=1S/C12H14N2O3S/c1-7-12(14-8(2)15)10-6-9(18(3,16)17)4-5-11(10)13-7/h4-6,13H,1-3H3,(H,14,15). The normalized spacial score (nSPS) is 11.7. The van der Waals surface area contributed by atoms with Crippen LogP contribution in [0.1, 0.15) is 12.6 Å². The van der Waals surface area contributed by atoms with Crippen molar-refractivity contribution in [2.24, 2.45) is 0 Å². The molecule has 0 aliphatic carbocycles. The number of aromatic nitrogens is 1. The van der Waals surface area contributed by atoms with Crippen LogP contribution in [0.5, 0.6) is 0 Å². The van der Waals surface area contributed by atoms with E-state index in [1.165, 1.54) is 6.92 Å². The third-order valence-corrected chi connectivity index (χ3v) is 3.80. The van der Waals surface area contributed by atoms with Crippen molar-refractivity contribution < 1.29 is 13.2 Å². The number of rotatable bonds is 2. The van der Waals surface area contributed by atoms with Gasteiger partial charge in [-0.1, -0.05) is 0 Å². The average molecular weight is 266 g/mol. The van der Waals surface area contributed by atoms with Crippen molar-refractivity contribution in [1.29, 1.82) is 0 Å². The fourth-order valence-electron chi connectivity index (χ4n) is 1.87. The number of aromatic amines is 1. The van der Waals surface area contributed by atoms with E-state index in [0.29, 0.717) is 11.1 Å². The molecule has 1 aromatic carbocycles. The van der Waals surface area contributed by atoms with Crippen LogP contribution in [0.3, 0.4) is 0 Å². The molecule has 0 radical (unpaired) electrons. The Morgan fingerprint density at radius 1 is 1.33 bits per heavy atom. The van der Waals surface area contributed by atoms with Gasteiger partial charge < -0.3 is 10.3 Å². The maximum atomic E-state index is 11.5. The minimum atomic E-state index is -3.26. The van der Waals surface area contributed by atoms with Crippen LogP contribution in [0, 0.1) is 6.92 Å². The van der Waals surface area contributed by atoms with Gasteiger partial charge in [-0.25, -0.2) is 8.42 Å². The maximum Gasteiger partial charge on any atom is 0.221 e. The summed E-state index contributed by atoms with van der Waals surface area (Å²) in [6.45, 7) is 3.24. The topological polar surface area (TPSA) is 79.0 Å². The second-order valence-corrected chi connectivity index (χ2v) is 6.30. The van der Waals surface area contributed by atoms with Gasteiger partial charge in [0, 0.05) is 29.8 Å². The van der Waals surface area contributed by atoms with Gasteiger partial charge in [-0.15, -0.1) is 0 Å². The molecule has 0 bridgehead atoms. The highest BCUT2D eigenvalue weighted by atomic mass is 32.2. The highest BCUT2D eigenvalue weighted by Crippen LogP contribution is 2.29. The number of hydrogen-bond acceptors (Lipinski definition) is 3. The van der Waals surface area contributed by atoms with E-state index < -0.39 is 9.84 Å². The molecule has 2 N–H and O–H groups in total. The molecular weight excluding hydrogens is 252 g/mol. The molecule has 0 spiro atoms. The molecule has 1 amide bonds. The lowest BCUT2D eigenvalue weighted by Crippen LogP contribution is -2.06. The zero-order chi connectivity index (χ0) is 13.5. The highest BCUT2D eigenvalue weighted by molar-refractivity contribution is 7.90. The first-order valence-corrected chi connectivity index (χ1v) is 7.28. The monoisotopic (exact) mass is 266 g/mol. The third kappa shape index (κ3) is 2.24. The maximum absolute atomic E-state index is 11.5. The summed E-state index contributed by atoms with van der Waals surface area (Å²) in [7, 11) is -3.26. The minimum Gasteiger partial charge on any atom is -0.357 e. The van der Waals surface area contributed by atoms with E-state index >= 15 is 0 Å². The number of benzene rings is 1. The Morgan fingerprint density at radius 2 is 2.00 bits per heavy atom. The molecule has 1 aromatic heterocycles. The van der Waals surface area contributed by atoms with E-state index in [0.717, 1.165) is 17.5 Å². The van der Waals surface area contributed by atoms with E-state index in [1.54, 1.807) is 18.2 Å². The molecule has 0 saturated heterocycles. The quantitative estimate of drug-likeness (QED) is 0.870. The van der Waals surface area contributed by atoms with Gasteiger partial charge in [0.1, 0.15) is 0 Å². The number of amides is 1. The molecule has 2 rings (SSSR count). The molecule has 0 aliphatic heterocycles. The van der Waals surface area contributed by atoms with Gasteiger partial charge in [0.15, 0.2) is 9.84 Å². The smallest absolute Gasteiger partial charge is 0.221 e. The summed E-state index contributed by atoms with van der Waals surface area (Å²) in [6.07, 6.45) is 1.16. The molecule has 18 heavy (non-hydrogen) atoms. The van der Waals surface area contributed by atoms with Crippen molar-refractivity contribution in [2.75, 3.05) is 11.6 Å². The zero-order valence-electron chi connectivity index (χ0n) is 10.4. The summed E-state index contributed by atoms with van der Waals surface area (Å²) in [5.41, 5.74) is 2.22. The predicted molar refractivity (Wildman–Crippen MR) is 70.4 cm³/mol. The van der Waals surface area contributed by atoms with Crippen molar-refractivity contribution in [3.05, 3.63) is 23.9 Å². The van der Waals surface area contributed by atoms with E-state index in [9.17, 15) is 13.2 Å². The van der Waals surface area contributed by atoms with Gasteiger partial charge in [-0.2, -0.15) is 0 Å². The van der Waals surface area contributed by atoms with E-state index in [4.69, 9.17) is 0 Å². The fourth-order valence-corrected chi connectivity index (χ4v) is 2.52. The van der Waals surface area contributed by atoms with Crippen LogP contribution in [-0.4, -0.2) is 25.6 Å². The summed E-state index contributed by atoms with van der Waals surface area (Å²) in [5, 5.41) is 3.41. The van der Waals surface area contributed by atoms with Crippen LogP contribution in [0.2, 0.25) is 0 Å². The number of fused-ring (bicyclic) bond motifs is 1. The van der Waals surface area contributed by atoms with Crippen molar-refractivity contribution in [3.8, 4) is 0 Å². The zero-order valence-corrected chi connectivity index (χ0v) is 11.2. The fraction of sp³-hybridized carbons (Fsp3) is 0.250. The van der Waals surface area contributed by atoms with Crippen LogP contribution in [0.4, 0.5) is 5.69 Å². The van der Waals surface area contributed by atoms with E-state index in [1.807, 2.05) is 6.92 Å². The van der Waals surface area contributed by atoms with Gasteiger partial charge in [0.2, 0.25) is 5.91 Å². The summed E-state index contributed by atoms with van der Waals surface area (Å²) < 4.78 is 23.0. The predicted octanol–water partition coefficient (Wildman–Crippen LogP) is 1.84. The number of aryl methyl sites for hydroxylation is 1. The largest absolute Gasteiger partial charge is 0.357 e. The number of carbonyl (C=O) groups excluding carboxylic acids is 1. The first-order chi connectivity index (χ1) is 8.29. The second-order valence-electron chi connectivity index (χ2n) is 4.29. The van der Waals surface area contributed by atoms with Crippen LogP contribution in [0.15, 0.2) is 23.1 Å². The molecule has 5 nitrogen and oxygen atoms in total. The molecule has 6 heteroatoms. The van der Waals surface area contributed by atoms with Gasteiger partial charge in [-0.3, -0.25) is 4.79 Å². The molecule has 0 saturated carbocycles. The minimum absolute atomic E-state index is 0.191. The number of hydrogen-bond donors (Lipinski definition) is 2. The van der Waals surface area contributed by atoms with Gasteiger partial charge >= 0.3 is 0 Å². The third-order valence-electron chi connectivity index (χ3n) is 2.69. The van der Waals surface area contributed by atoms with Crippen LogP contribution < -0.4 is 5.32 Å². The van der Waals surface area contributed by atoms with Crippen molar-refractivity contribution in [1.82, 2.24) is 4.98 Å². The lowest BCUT2D eigenvalue weighted by Gasteiger charge is -2.03. The molecule has 0 fully saturated rings. The number of sulfone groups is 1. The average Bonchev–Trinajstić information content (AvgIpc) is 2.53. The van der Waals surface area contributed by atoms with Crippen LogP contribution in [0.25, 0.3) is 10.9 Å². The SMILES string of the molecule is CC(=O)Nc1c(C)[nH]c2ccc(S(C)(=O)=O)cc12. The molecule has 0 atom stereocenters.